The zero-order valence-corrected chi connectivity index (χ0v) is 13.6. The van der Waals surface area contributed by atoms with Gasteiger partial charge in [0.15, 0.2) is 0 Å². The van der Waals surface area contributed by atoms with Crippen molar-refractivity contribution in [3.63, 3.8) is 0 Å². The smallest absolute Gasteiger partial charge is 0.131 e. The molecule has 0 amide bonds. The van der Waals surface area contributed by atoms with Gasteiger partial charge in [0.2, 0.25) is 0 Å². The molecule has 118 valence electrons. The van der Waals surface area contributed by atoms with Gasteiger partial charge in [0, 0.05) is 37.1 Å². The molecule has 2 heterocycles. The molecule has 1 aromatic heterocycles. The molecule has 4 nitrogen and oxygen atoms in total. The first kappa shape index (κ1) is 16.6. The van der Waals surface area contributed by atoms with E-state index in [0.29, 0.717) is 6.54 Å². The van der Waals surface area contributed by atoms with Crippen molar-refractivity contribution in [2.45, 2.75) is 19.9 Å². The first-order chi connectivity index (χ1) is 10.3. The van der Waals surface area contributed by atoms with Crippen LogP contribution in [0.3, 0.4) is 0 Å². The van der Waals surface area contributed by atoms with E-state index >= 15 is 0 Å². The second-order valence-corrected chi connectivity index (χ2v) is 5.45. The number of hydrogen-bond acceptors (Lipinski definition) is 4. The molecule has 3 rings (SSSR count). The molecule has 1 aliphatic heterocycles. The predicted octanol–water partition coefficient (Wildman–Crippen LogP) is 2.78. The maximum absolute atomic E-state index is 8.94. The van der Waals surface area contributed by atoms with E-state index in [0.717, 1.165) is 36.7 Å². The van der Waals surface area contributed by atoms with Gasteiger partial charge in [0.05, 0.1) is 6.61 Å². The van der Waals surface area contributed by atoms with E-state index in [4.69, 9.17) is 5.11 Å². The first-order valence-electron chi connectivity index (χ1n) is 7.41. The molecule has 0 saturated carbocycles. The number of nitrogens with zero attached hydrogens (tertiary/aromatic N) is 2. The third kappa shape index (κ3) is 3.70. The molecule has 0 saturated heterocycles. The summed E-state index contributed by atoms with van der Waals surface area (Å²) in [6, 6.07) is 12.7. The lowest BCUT2D eigenvalue weighted by atomic mass is 10.00. The third-order valence-electron chi connectivity index (χ3n) is 3.84. The second-order valence-electron chi connectivity index (χ2n) is 5.45. The van der Waals surface area contributed by atoms with E-state index in [1.54, 1.807) is 0 Å². The lowest BCUT2D eigenvalue weighted by Gasteiger charge is -2.30. The average molecular weight is 320 g/mol. The SMILES string of the molecule is Cc1cc(NCCO)cc(N2CCc3ccccc3C2)n1.Cl. The quantitative estimate of drug-likeness (QED) is 0.910. The largest absolute Gasteiger partial charge is 0.395 e. The third-order valence-corrected chi connectivity index (χ3v) is 3.84. The molecular formula is C17H22ClN3O. The number of aryl methyl sites for hydroxylation is 1. The van der Waals surface area contributed by atoms with Crippen LogP contribution in [0.1, 0.15) is 16.8 Å². The van der Waals surface area contributed by atoms with Gasteiger partial charge in [-0.2, -0.15) is 0 Å². The number of benzene rings is 1. The number of aliphatic hydroxyl groups is 1. The minimum atomic E-state index is 0. The highest BCUT2D eigenvalue weighted by Crippen LogP contribution is 2.25. The molecule has 0 spiro atoms. The molecular weight excluding hydrogens is 298 g/mol. The number of pyridine rings is 1. The van der Waals surface area contributed by atoms with Crippen LogP contribution in [0.4, 0.5) is 11.5 Å². The van der Waals surface area contributed by atoms with Crippen LogP contribution in [-0.4, -0.2) is 29.8 Å². The van der Waals surface area contributed by atoms with Crippen LogP contribution in [0.25, 0.3) is 0 Å². The topological polar surface area (TPSA) is 48.4 Å². The highest BCUT2D eigenvalue weighted by molar-refractivity contribution is 5.85. The van der Waals surface area contributed by atoms with E-state index in [9.17, 15) is 0 Å². The molecule has 0 unspecified atom stereocenters. The van der Waals surface area contributed by atoms with E-state index in [1.165, 1.54) is 11.1 Å². The number of nitrogens with one attached hydrogen (secondary N) is 1. The van der Waals surface area contributed by atoms with Crippen molar-refractivity contribution < 1.29 is 5.11 Å². The molecule has 2 N–H and O–H groups in total. The summed E-state index contributed by atoms with van der Waals surface area (Å²) < 4.78 is 0. The summed E-state index contributed by atoms with van der Waals surface area (Å²) in [6.45, 7) is 4.60. The molecule has 22 heavy (non-hydrogen) atoms. The van der Waals surface area contributed by atoms with Crippen LogP contribution >= 0.6 is 12.4 Å². The average Bonchev–Trinajstić information content (AvgIpc) is 2.52. The molecule has 0 fully saturated rings. The minimum absolute atomic E-state index is 0. The highest BCUT2D eigenvalue weighted by atomic mass is 35.5. The number of aliphatic hydroxyl groups excluding tert-OH is 1. The van der Waals surface area contributed by atoms with E-state index in [2.05, 4.69) is 45.5 Å². The van der Waals surface area contributed by atoms with Crippen molar-refractivity contribution in [2.24, 2.45) is 0 Å². The van der Waals surface area contributed by atoms with Gasteiger partial charge in [-0.25, -0.2) is 4.98 Å². The Labute approximate surface area is 137 Å². The van der Waals surface area contributed by atoms with Gasteiger partial charge < -0.3 is 15.3 Å². The summed E-state index contributed by atoms with van der Waals surface area (Å²) in [7, 11) is 0. The molecule has 0 radical (unpaired) electrons. The van der Waals surface area contributed by atoms with Gasteiger partial charge in [-0.3, -0.25) is 0 Å². The normalized spacial score (nSPS) is 13.3. The fourth-order valence-electron chi connectivity index (χ4n) is 2.81. The highest BCUT2D eigenvalue weighted by Gasteiger charge is 2.17. The second kappa shape index (κ2) is 7.47. The molecule has 0 bridgehead atoms. The van der Waals surface area contributed by atoms with Crippen molar-refractivity contribution in [1.29, 1.82) is 0 Å². The van der Waals surface area contributed by atoms with Crippen molar-refractivity contribution in [2.75, 3.05) is 29.9 Å². The fraction of sp³-hybridized carbons (Fsp3) is 0.353. The Balaban J connectivity index is 0.00000176. The number of anilines is 2. The molecule has 0 aliphatic carbocycles. The monoisotopic (exact) mass is 319 g/mol. The van der Waals surface area contributed by atoms with Crippen molar-refractivity contribution in [1.82, 2.24) is 4.98 Å². The van der Waals surface area contributed by atoms with E-state index in [-0.39, 0.29) is 19.0 Å². The van der Waals surface area contributed by atoms with Crippen LogP contribution in [-0.2, 0) is 13.0 Å². The standard InChI is InChI=1S/C17H21N3O.ClH/c1-13-10-16(18-7-9-21)11-17(19-13)20-8-6-14-4-2-3-5-15(14)12-20;/h2-5,10-11,21H,6-9,12H2,1H3,(H,18,19);1H. The minimum Gasteiger partial charge on any atom is -0.395 e. The van der Waals surface area contributed by atoms with Crippen LogP contribution in [0, 0.1) is 6.92 Å². The molecule has 1 aliphatic rings. The number of fused-ring (bicyclic) bond motifs is 1. The maximum Gasteiger partial charge on any atom is 0.131 e. The van der Waals surface area contributed by atoms with Gasteiger partial charge in [-0.1, -0.05) is 24.3 Å². The molecule has 5 heteroatoms. The maximum atomic E-state index is 8.94. The van der Waals surface area contributed by atoms with Crippen LogP contribution in [0.5, 0.6) is 0 Å². The van der Waals surface area contributed by atoms with Gasteiger partial charge in [0.25, 0.3) is 0 Å². The number of halogens is 1. The van der Waals surface area contributed by atoms with Crippen molar-refractivity contribution in [3.05, 3.63) is 53.2 Å². The van der Waals surface area contributed by atoms with Crippen LogP contribution in [0.15, 0.2) is 36.4 Å². The van der Waals surface area contributed by atoms with Gasteiger partial charge in [-0.15, -0.1) is 12.4 Å². The van der Waals surface area contributed by atoms with Crippen LogP contribution < -0.4 is 10.2 Å². The fourth-order valence-corrected chi connectivity index (χ4v) is 2.81. The van der Waals surface area contributed by atoms with E-state index in [1.807, 2.05) is 13.0 Å². The van der Waals surface area contributed by atoms with Gasteiger partial charge in [-0.05, 0) is 30.5 Å². The van der Waals surface area contributed by atoms with Gasteiger partial charge in [0.1, 0.15) is 5.82 Å². The van der Waals surface area contributed by atoms with Gasteiger partial charge >= 0.3 is 0 Å². The van der Waals surface area contributed by atoms with Crippen molar-refractivity contribution >= 4 is 23.9 Å². The zero-order valence-electron chi connectivity index (χ0n) is 12.7. The molecule has 2 aromatic rings. The summed E-state index contributed by atoms with van der Waals surface area (Å²) in [4.78, 5) is 6.98. The lowest BCUT2D eigenvalue weighted by molar-refractivity contribution is 0.311. The summed E-state index contributed by atoms with van der Waals surface area (Å²) in [5, 5.41) is 12.2. The summed E-state index contributed by atoms with van der Waals surface area (Å²) in [5.74, 6) is 1.00. The Bertz CT molecular complexity index is 633. The number of rotatable bonds is 4. The summed E-state index contributed by atoms with van der Waals surface area (Å²) >= 11 is 0. The first-order valence-corrected chi connectivity index (χ1v) is 7.41. The number of aromatic nitrogens is 1. The van der Waals surface area contributed by atoms with Crippen molar-refractivity contribution in [3.8, 4) is 0 Å². The zero-order chi connectivity index (χ0) is 14.7. The Hall–Kier alpha value is -1.78. The van der Waals surface area contributed by atoms with E-state index < -0.39 is 0 Å². The summed E-state index contributed by atoms with van der Waals surface area (Å²) in [6.07, 6.45) is 1.06. The Morgan fingerprint density at radius 3 is 2.77 bits per heavy atom. The molecule has 0 atom stereocenters. The lowest BCUT2D eigenvalue weighted by Crippen LogP contribution is -2.31. The Morgan fingerprint density at radius 2 is 2.00 bits per heavy atom. The summed E-state index contributed by atoms with van der Waals surface area (Å²) in [5.41, 5.74) is 4.84. The number of hydrogen-bond donors (Lipinski definition) is 2. The molecule has 1 aromatic carbocycles. The van der Waals surface area contributed by atoms with Crippen LogP contribution in [0.2, 0.25) is 0 Å². The predicted molar refractivity (Wildman–Crippen MR) is 93.0 cm³/mol. The Kier molecular flexibility index (Phi) is 5.63. The Morgan fingerprint density at radius 1 is 1.23 bits per heavy atom.